The largest absolute Gasteiger partial charge is 0.444 e. The van der Waals surface area contributed by atoms with Crippen LogP contribution in [-0.4, -0.2) is 47.8 Å². The number of nitrogens with one attached hydrogen (secondary N) is 1. The first-order valence-corrected chi connectivity index (χ1v) is 10.7. The number of hydrogen-bond acceptors (Lipinski definition) is 6. The minimum atomic E-state index is -0.414. The van der Waals surface area contributed by atoms with Crippen molar-refractivity contribution in [2.24, 2.45) is 0 Å². The van der Waals surface area contributed by atoms with Gasteiger partial charge in [0.05, 0.1) is 4.92 Å². The second-order valence-corrected chi connectivity index (χ2v) is 7.97. The van der Waals surface area contributed by atoms with Crippen LogP contribution in [0, 0.1) is 10.1 Å². The molecule has 2 amide bonds. The number of non-ortho nitro benzene ring substituents is 1. The fourth-order valence-corrected chi connectivity index (χ4v) is 3.79. The molecule has 0 bridgehead atoms. The number of hydrogen-bond donors (Lipinski definition) is 1. The molecule has 1 N–H and O–H groups in total. The van der Waals surface area contributed by atoms with Crippen LogP contribution < -0.4 is 10.2 Å². The number of nitro groups is 1. The first-order chi connectivity index (χ1) is 15.4. The van der Waals surface area contributed by atoms with Gasteiger partial charge in [-0.2, -0.15) is 0 Å². The third kappa shape index (κ3) is 4.80. The van der Waals surface area contributed by atoms with Gasteiger partial charge in [-0.05, 0) is 58.4 Å². The van der Waals surface area contributed by atoms with E-state index in [9.17, 15) is 19.7 Å². The molecule has 1 aliphatic heterocycles. The SMILES string of the molecule is O=C(Nc1ccc(C(=O)N2CCN(c3cccc([N+](=O)[O-])c3)CC2)cc1)c1ccc(Br)o1. The number of furan rings is 1. The summed E-state index contributed by atoms with van der Waals surface area (Å²) in [5.41, 5.74) is 1.89. The van der Waals surface area contributed by atoms with Crippen LogP contribution in [-0.2, 0) is 0 Å². The number of carbonyl (C=O) groups is 2. The van der Waals surface area contributed by atoms with Crippen molar-refractivity contribution in [1.82, 2.24) is 4.90 Å². The molecule has 164 valence electrons. The van der Waals surface area contributed by atoms with Crippen LogP contribution in [0.3, 0.4) is 0 Å². The highest BCUT2D eigenvalue weighted by molar-refractivity contribution is 9.10. The third-order valence-electron chi connectivity index (χ3n) is 5.16. The van der Waals surface area contributed by atoms with Crippen LogP contribution in [0.5, 0.6) is 0 Å². The molecule has 1 aliphatic rings. The molecule has 9 nitrogen and oxygen atoms in total. The van der Waals surface area contributed by atoms with E-state index in [-0.39, 0.29) is 23.3 Å². The van der Waals surface area contributed by atoms with Gasteiger partial charge in [0.25, 0.3) is 17.5 Å². The summed E-state index contributed by atoms with van der Waals surface area (Å²) in [5.74, 6) is -0.303. The number of rotatable bonds is 5. The number of anilines is 2. The molecule has 2 aromatic carbocycles. The van der Waals surface area contributed by atoms with Gasteiger partial charge in [0.2, 0.25) is 0 Å². The van der Waals surface area contributed by atoms with Gasteiger partial charge in [-0.1, -0.05) is 6.07 Å². The Morgan fingerprint density at radius 3 is 2.34 bits per heavy atom. The number of amides is 2. The van der Waals surface area contributed by atoms with Gasteiger partial charge < -0.3 is 19.5 Å². The van der Waals surface area contributed by atoms with Crippen molar-refractivity contribution in [2.45, 2.75) is 0 Å². The van der Waals surface area contributed by atoms with Crippen LogP contribution >= 0.6 is 15.9 Å². The van der Waals surface area contributed by atoms with E-state index in [1.165, 1.54) is 6.07 Å². The van der Waals surface area contributed by atoms with E-state index in [1.807, 2.05) is 11.0 Å². The molecular weight excluding hydrogens is 480 g/mol. The van der Waals surface area contributed by atoms with Crippen LogP contribution in [0.25, 0.3) is 0 Å². The maximum Gasteiger partial charge on any atom is 0.291 e. The number of nitrogens with zero attached hydrogens (tertiary/aromatic N) is 3. The topological polar surface area (TPSA) is 109 Å². The summed E-state index contributed by atoms with van der Waals surface area (Å²) in [6.45, 7) is 2.18. The maximum atomic E-state index is 12.9. The predicted octanol–water partition coefficient (Wildman–Crippen LogP) is 4.17. The molecule has 1 aromatic heterocycles. The molecule has 0 unspecified atom stereocenters. The molecule has 0 radical (unpaired) electrons. The highest BCUT2D eigenvalue weighted by atomic mass is 79.9. The second-order valence-electron chi connectivity index (χ2n) is 7.19. The summed E-state index contributed by atoms with van der Waals surface area (Å²) in [6.07, 6.45) is 0. The average molecular weight is 499 g/mol. The van der Waals surface area contributed by atoms with Gasteiger partial charge in [-0.15, -0.1) is 0 Å². The lowest BCUT2D eigenvalue weighted by Crippen LogP contribution is -2.48. The van der Waals surface area contributed by atoms with Gasteiger partial charge in [-0.25, -0.2) is 0 Å². The highest BCUT2D eigenvalue weighted by Gasteiger charge is 2.23. The lowest BCUT2D eigenvalue weighted by molar-refractivity contribution is -0.384. The Morgan fingerprint density at radius 2 is 1.72 bits per heavy atom. The fraction of sp³-hybridized carbons (Fsp3) is 0.182. The highest BCUT2D eigenvalue weighted by Crippen LogP contribution is 2.23. The molecule has 3 aromatic rings. The van der Waals surface area contributed by atoms with E-state index in [0.717, 1.165) is 5.69 Å². The Kier molecular flexibility index (Phi) is 6.22. The Balaban J connectivity index is 1.34. The first kappa shape index (κ1) is 21.6. The Bertz CT molecular complexity index is 1150. The third-order valence-corrected chi connectivity index (χ3v) is 5.59. The van der Waals surface area contributed by atoms with E-state index in [0.29, 0.717) is 42.1 Å². The van der Waals surface area contributed by atoms with Gasteiger partial charge in [-0.3, -0.25) is 19.7 Å². The van der Waals surface area contributed by atoms with Gasteiger partial charge >= 0.3 is 0 Å². The van der Waals surface area contributed by atoms with Crippen LogP contribution in [0.2, 0.25) is 0 Å². The fourth-order valence-electron chi connectivity index (χ4n) is 3.48. The van der Waals surface area contributed by atoms with Crippen molar-refractivity contribution in [3.63, 3.8) is 0 Å². The standard InChI is InChI=1S/C22H19BrN4O5/c23-20-9-8-19(32-20)21(28)24-16-6-4-15(5-7-16)22(29)26-12-10-25(11-13-26)17-2-1-3-18(14-17)27(30)31/h1-9,14H,10-13H2,(H,24,28). The minimum Gasteiger partial charge on any atom is -0.444 e. The van der Waals surface area contributed by atoms with Crippen LogP contribution in [0.15, 0.2) is 69.8 Å². The summed E-state index contributed by atoms with van der Waals surface area (Å²) < 4.78 is 5.69. The summed E-state index contributed by atoms with van der Waals surface area (Å²) in [4.78, 5) is 39.4. The van der Waals surface area contributed by atoms with Crippen molar-refractivity contribution in [1.29, 1.82) is 0 Å². The monoisotopic (exact) mass is 498 g/mol. The van der Waals surface area contributed by atoms with Crippen molar-refractivity contribution < 1.29 is 18.9 Å². The minimum absolute atomic E-state index is 0.0490. The average Bonchev–Trinajstić information content (AvgIpc) is 3.26. The molecule has 0 saturated carbocycles. The molecule has 0 spiro atoms. The number of nitro benzene ring substituents is 1. The smallest absolute Gasteiger partial charge is 0.291 e. The first-order valence-electron chi connectivity index (χ1n) is 9.86. The normalized spacial score (nSPS) is 13.7. The maximum absolute atomic E-state index is 12.9. The van der Waals surface area contributed by atoms with E-state index in [2.05, 4.69) is 21.2 Å². The van der Waals surface area contributed by atoms with Crippen molar-refractivity contribution in [2.75, 3.05) is 36.4 Å². The number of halogens is 1. The lowest BCUT2D eigenvalue weighted by Gasteiger charge is -2.36. The van der Waals surface area contributed by atoms with Crippen molar-refractivity contribution >= 4 is 44.8 Å². The van der Waals surface area contributed by atoms with E-state index in [1.54, 1.807) is 53.4 Å². The molecule has 1 fully saturated rings. The molecule has 1 saturated heterocycles. The lowest BCUT2D eigenvalue weighted by atomic mass is 10.1. The number of carbonyl (C=O) groups excluding carboxylic acids is 2. The summed E-state index contributed by atoms with van der Waals surface area (Å²) in [6, 6.07) is 16.4. The van der Waals surface area contributed by atoms with E-state index < -0.39 is 4.92 Å². The zero-order valence-corrected chi connectivity index (χ0v) is 18.4. The van der Waals surface area contributed by atoms with Crippen molar-refractivity contribution in [3.05, 3.63) is 86.8 Å². The second kappa shape index (κ2) is 9.23. The summed E-state index contributed by atoms with van der Waals surface area (Å²) >= 11 is 3.16. The molecule has 2 heterocycles. The van der Waals surface area contributed by atoms with Gasteiger partial charge in [0.15, 0.2) is 10.4 Å². The van der Waals surface area contributed by atoms with Gasteiger partial charge in [0.1, 0.15) is 0 Å². The summed E-state index contributed by atoms with van der Waals surface area (Å²) in [7, 11) is 0. The Labute approximate surface area is 191 Å². The van der Waals surface area contributed by atoms with Crippen molar-refractivity contribution in [3.8, 4) is 0 Å². The predicted molar refractivity (Wildman–Crippen MR) is 122 cm³/mol. The molecule has 0 aliphatic carbocycles. The quantitative estimate of drug-likeness (QED) is 0.417. The van der Waals surface area contributed by atoms with Crippen LogP contribution in [0.1, 0.15) is 20.9 Å². The van der Waals surface area contributed by atoms with E-state index >= 15 is 0 Å². The molecule has 10 heteroatoms. The Hall–Kier alpha value is -3.66. The number of benzene rings is 2. The van der Waals surface area contributed by atoms with Crippen LogP contribution in [0.4, 0.5) is 17.1 Å². The van der Waals surface area contributed by atoms with E-state index in [4.69, 9.17) is 4.42 Å². The zero-order chi connectivity index (χ0) is 22.7. The Morgan fingerprint density at radius 1 is 1.00 bits per heavy atom. The molecule has 32 heavy (non-hydrogen) atoms. The molecular formula is C22H19BrN4O5. The zero-order valence-electron chi connectivity index (χ0n) is 16.9. The summed E-state index contributed by atoms with van der Waals surface area (Å²) in [5, 5.41) is 13.7. The molecule has 4 rings (SSSR count). The number of piperazine rings is 1. The van der Waals surface area contributed by atoms with Gasteiger partial charge in [0, 0.05) is 55.2 Å². The molecule has 0 atom stereocenters.